The van der Waals surface area contributed by atoms with Crippen LogP contribution in [0.5, 0.6) is 0 Å². The summed E-state index contributed by atoms with van der Waals surface area (Å²) in [7, 11) is 0. The number of oxazole rings is 1. The number of hydrogen-bond donors (Lipinski definition) is 2. The highest BCUT2D eigenvalue weighted by Gasteiger charge is 2.69. The third-order valence-electron chi connectivity index (χ3n) is 8.47. The third kappa shape index (κ3) is 4.65. The molecule has 2 fully saturated rings. The lowest BCUT2D eigenvalue weighted by molar-refractivity contribution is -0.138. The summed E-state index contributed by atoms with van der Waals surface area (Å²) in [4.78, 5) is 44.4. The highest BCUT2D eigenvalue weighted by molar-refractivity contribution is 5.97. The molecule has 5 rings (SSSR count). The van der Waals surface area contributed by atoms with Crippen LogP contribution < -0.4 is 5.32 Å². The van der Waals surface area contributed by atoms with Crippen LogP contribution in [0.25, 0.3) is 11.1 Å². The number of rotatable bonds is 7. The second-order valence-electron chi connectivity index (χ2n) is 11.4. The summed E-state index contributed by atoms with van der Waals surface area (Å²) in [5.41, 5.74) is 2.30. The number of nitrogens with zero attached hydrogens (tertiary/aromatic N) is 2. The molecule has 3 aromatic rings. The fourth-order valence-corrected chi connectivity index (χ4v) is 6.35. The van der Waals surface area contributed by atoms with Crippen molar-refractivity contribution in [3.63, 3.8) is 0 Å². The van der Waals surface area contributed by atoms with Gasteiger partial charge < -0.3 is 19.7 Å². The smallest absolute Gasteiger partial charge is 0.305 e. The van der Waals surface area contributed by atoms with Crippen LogP contribution in [0.3, 0.4) is 0 Å². The molecule has 1 saturated carbocycles. The Balaban J connectivity index is 1.51. The molecule has 0 unspecified atom stereocenters. The summed E-state index contributed by atoms with van der Waals surface area (Å²) in [5, 5.41) is 12.3. The van der Waals surface area contributed by atoms with Gasteiger partial charge in [-0.2, -0.15) is 0 Å². The first-order chi connectivity index (χ1) is 18.8. The zero-order valence-corrected chi connectivity index (χ0v) is 22.9. The molecule has 0 radical (unpaired) electrons. The molecule has 2 aliphatic rings. The van der Waals surface area contributed by atoms with E-state index >= 15 is 4.39 Å². The number of likely N-dealkylation sites (tertiary alicyclic amines) is 1. The monoisotopic (exact) mass is 551 g/mol. The number of aliphatic carboxylic acids is 1. The first-order valence-electron chi connectivity index (χ1n) is 13.1. The fourth-order valence-electron chi connectivity index (χ4n) is 6.35. The summed E-state index contributed by atoms with van der Waals surface area (Å²) in [6.07, 6.45) is 0.547. The van der Waals surface area contributed by atoms with E-state index in [0.29, 0.717) is 23.6 Å². The van der Waals surface area contributed by atoms with Crippen LogP contribution in [-0.2, 0) is 9.59 Å². The van der Waals surface area contributed by atoms with E-state index in [1.54, 1.807) is 6.92 Å². The molecule has 2 aromatic carbocycles. The molecule has 2 heterocycles. The molecular weight excluding hydrogens is 520 g/mol. The second kappa shape index (κ2) is 9.83. The van der Waals surface area contributed by atoms with Gasteiger partial charge in [0.1, 0.15) is 12.3 Å². The van der Waals surface area contributed by atoms with Crippen LogP contribution in [0.4, 0.5) is 8.78 Å². The number of fused-ring (bicyclic) bond motifs is 1. The number of aryl methyl sites for hydroxylation is 3. The third-order valence-corrected chi connectivity index (χ3v) is 8.47. The molecule has 4 atom stereocenters. The maximum atomic E-state index is 15.3. The van der Waals surface area contributed by atoms with Crippen LogP contribution in [0, 0.1) is 49.7 Å². The van der Waals surface area contributed by atoms with Crippen molar-refractivity contribution < 1.29 is 32.7 Å². The van der Waals surface area contributed by atoms with Crippen molar-refractivity contribution in [3.8, 4) is 11.1 Å². The molecule has 0 spiro atoms. The SMILES string of the molecule is Cc1nc(C(=O)N2C[C@H]3[C@@H]([C@H]2C(=O)N[C@@H](CC(=O)O)c2cc(-c4c(C)cccc4C)cc(F)c2F)C3(C)C)co1. The fraction of sp³-hybridized carbons (Fsp3) is 0.400. The maximum Gasteiger partial charge on any atom is 0.305 e. The summed E-state index contributed by atoms with van der Waals surface area (Å²) in [5.74, 6) is -4.62. The Morgan fingerprint density at radius 1 is 1.18 bits per heavy atom. The van der Waals surface area contributed by atoms with Crippen LogP contribution in [0.1, 0.15) is 59.4 Å². The first-order valence-corrected chi connectivity index (χ1v) is 13.1. The van der Waals surface area contributed by atoms with Gasteiger partial charge in [-0.1, -0.05) is 32.0 Å². The molecule has 0 bridgehead atoms. The maximum absolute atomic E-state index is 15.3. The molecule has 1 aromatic heterocycles. The number of piperidine rings is 1. The normalized spacial score (nSPS) is 21.6. The average molecular weight is 552 g/mol. The van der Waals surface area contributed by atoms with E-state index < -0.39 is 47.9 Å². The van der Waals surface area contributed by atoms with Gasteiger partial charge in [0.15, 0.2) is 23.2 Å². The number of carboxylic acids is 1. The van der Waals surface area contributed by atoms with E-state index in [2.05, 4.69) is 10.3 Å². The van der Waals surface area contributed by atoms with Gasteiger partial charge in [-0.3, -0.25) is 14.4 Å². The van der Waals surface area contributed by atoms with Crippen molar-refractivity contribution in [2.24, 2.45) is 17.3 Å². The highest BCUT2D eigenvalue weighted by Crippen LogP contribution is 2.65. The van der Waals surface area contributed by atoms with E-state index in [9.17, 15) is 23.9 Å². The van der Waals surface area contributed by atoms with Gasteiger partial charge in [-0.15, -0.1) is 0 Å². The zero-order valence-electron chi connectivity index (χ0n) is 22.9. The predicted molar refractivity (Wildman–Crippen MR) is 141 cm³/mol. The Labute approximate surface area is 230 Å². The number of carbonyl (C=O) groups is 3. The molecule has 1 aliphatic heterocycles. The largest absolute Gasteiger partial charge is 0.481 e. The Bertz CT molecular complexity index is 1510. The lowest BCUT2D eigenvalue weighted by Crippen LogP contribution is -2.50. The van der Waals surface area contributed by atoms with E-state index in [1.807, 2.05) is 45.9 Å². The van der Waals surface area contributed by atoms with Gasteiger partial charge in [0.25, 0.3) is 5.91 Å². The lowest BCUT2D eigenvalue weighted by Gasteiger charge is -2.31. The highest BCUT2D eigenvalue weighted by atomic mass is 19.2. The second-order valence-corrected chi connectivity index (χ2v) is 11.4. The van der Waals surface area contributed by atoms with Crippen LogP contribution in [0.15, 0.2) is 41.0 Å². The summed E-state index contributed by atoms with van der Waals surface area (Å²) in [6, 6.07) is 5.69. The number of benzene rings is 2. The van der Waals surface area contributed by atoms with Gasteiger partial charge >= 0.3 is 5.97 Å². The minimum absolute atomic E-state index is 0.0552. The minimum Gasteiger partial charge on any atom is -0.481 e. The number of amides is 2. The molecule has 10 heteroatoms. The van der Waals surface area contributed by atoms with Gasteiger partial charge in [-0.05, 0) is 65.5 Å². The number of halogens is 2. The van der Waals surface area contributed by atoms with E-state index in [4.69, 9.17) is 4.42 Å². The van der Waals surface area contributed by atoms with Gasteiger partial charge in [-0.25, -0.2) is 13.8 Å². The number of nitrogens with one attached hydrogen (secondary N) is 1. The van der Waals surface area contributed by atoms with Crippen molar-refractivity contribution >= 4 is 17.8 Å². The number of hydrogen-bond acceptors (Lipinski definition) is 5. The van der Waals surface area contributed by atoms with Crippen molar-refractivity contribution in [1.82, 2.24) is 15.2 Å². The summed E-state index contributed by atoms with van der Waals surface area (Å²) < 4.78 is 35.4. The molecule has 2 amide bonds. The summed E-state index contributed by atoms with van der Waals surface area (Å²) in [6.45, 7) is 9.60. The van der Waals surface area contributed by atoms with Crippen LogP contribution >= 0.6 is 0 Å². The minimum atomic E-state index is -1.38. The molecule has 210 valence electrons. The number of aromatic nitrogens is 1. The Morgan fingerprint density at radius 2 is 1.85 bits per heavy atom. The molecule has 40 heavy (non-hydrogen) atoms. The lowest BCUT2D eigenvalue weighted by atomic mass is 9.92. The van der Waals surface area contributed by atoms with E-state index in [0.717, 1.165) is 17.2 Å². The quantitative estimate of drug-likeness (QED) is 0.429. The van der Waals surface area contributed by atoms with Crippen molar-refractivity contribution in [1.29, 1.82) is 0 Å². The topological polar surface area (TPSA) is 113 Å². The van der Waals surface area contributed by atoms with Gasteiger partial charge in [0.2, 0.25) is 5.91 Å². The first kappa shape index (κ1) is 27.5. The molecule has 1 aliphatic carbocycles. The Kier molecular flexibility index (Phi) is 6.76. The Morgan fingerprint density at radius 3 is 2.45 bits per heavy atom. The van der Waals surface area contributed by atoms with E-state index in [-0.39, 0.29) is 28.5 Å². The Hall–Kier alpha value is -4.08. The van der Waals surface area contributed by atoms with Crippen LogP contribution in [-0.4, -0.2) is 45.4 Å². The van der Waals surface area contributed by atoms with Crippen molar-refractivity contribution in [2.75, 3.05) is 6.54 Å². The molecular formula is C30H31F2N3O5. The standard InChI is InChI=1S/C30H31F2N3O5/c1-14-7-6-8-15(2)24(14)17-9-18(26(32)20(31)10-17)21(11-23(36)37)34-28(38)27-25-19(30(25,4)5)12-35(27)29(39)22-13-40-16(3)33-22/h6-10,13,19,21,25,27H,11-12H2,1-5H3,(H,34,38)(H,36,37)/t19-,21-,25-,27-/m0/s1. The average Bonchev–Trinajstić information content (AvgIpc) is 3.24. The number of carboxylic acid groups (broad SMARTS) is 1. The van der Waals surface area contributed by atoms with Crippen molar-refractivity contribution in [3.05, 3.63) is 76.5 Å². The van der Waals surface area contributed by atoms with Crippen LogP contribution in [0.2, 0.25) is 0 Å². The summed E-state index contributed by atoms with van der Waals surface area (Å²) >= 11 is 0. The molecule has 8 nitrogen and oxygen atoms in total. The van der Waals surface area contributed by atoms with Crippen molar-refractivity contribution in [2.45, 2.75) is 53.1 Å². The molecule has 1 saturated heterocycles. The van der Waals surface area contributed by atoms with Gasteiger partial charge in [0, 0.05) is 19.0 Å². The van der Waals surface area contributed by atoms with Gasteiger partial charge in [0.05, 0.1) is 12.5 Å². The zero-order chi connectivity index (χ0) is 29.1. The van der Waals surface area contributed by atoms with E-state index in [1.165, 1.54) is 17.2 Å². The molecule has 2 N–H and O–H groups in total. The number of carbonyl (C=O) groups excluding carboxylic acids is 2. The predicted octanol–water partition coefficient (Wildman–Crippen LogP) is 4.97.